The van der Waals surface area contributed by atoms with E-state index in [0.717, 1.165) is 44.2 Å². The number of nitrogens with zero attached hydrogens (tertiary/aromatic N) is 3. The van der Waals surface area contributed by atoms with Crippen LogP contribution < -0.4 is 14.8 Å². The summed E-state index contributed by atoms with van der Waals surface area (Å²) < 4.78 is 10.6. The number of aromatic amines is 1. The Morgan fingerprint density at radius 2 is 1.64 bits per heavy atom. The molecular weight excluding hydrogens is 458 g/mol. The van der Waals surface area contributed by atoms with E-state index in [-0.39, 0.29) is 5.91 Å². The molecule has 4 aromatic rings. The third kappa shape index (κ3) is 5.71. The maximum absolute atomic E-state index is 12.2. The molecule has 0 aliphatic carbocycles. The summed E-state index contributed by atoms with van der Waals surface area (Å²) in [7, 11) is 3.29. The summed E-state index contributed by atoms with van der Waals surface area (Å²) in [5.41, 5.74) is 3.69. The van der Waals surface area contributed by atoms with Crippen molar-refractivity contribution in [1.29, 1.82) is 0 Å². The summed E-state index contributed by atoms with van der Waals surface area (Å²) in [6.45, 7) is 1.85. The Hall–Kier alpha value is -3.37. The molecule has 10 heteroatoms. The molecule has 0 saturated heterocycles. The summed E-state index contributed by atoms with van der Waals surface area (Å²) in [6.07, 6.45) is 0.333. The van der Waals surface area contributed by atoms with Crippen LogP contribution in [0.2, 0.25) is 0 Å². The number of carbonyl (C=O) groups excluding carboxylic acids is 1. The van der Waals surface area contributed by atoms with Crippen molar-refractivity contribution in [3.8, 4) is 34.0 Å². The van der Waals surface area contributed by atoms with Gasteiger partial charge in [-0.3, -0.25) is 4.79 Å². The molecule has 0 radical (unpaired) electrons. The third-order valence-corrected chi connectivity index (χ3v) is 6.39. The van der Waals surface area contributed by atoms with Gasteiger partial charge in [0.25, 0.3) is 0 Å². The van der Waals surface area contributed by atoms with Gasteiger partial charge in [-0.25, -0.2) is 4.98 Å². The average molecular weight is 482 g/mol. The molecule has 2 aromatic heterocycles. The molecule has 0 bridgehead atoms. The topological polar surface area (TPSA) is 102 Å². The van der Waals surface area contributed by atoms with Crippen molar-refractivity contribution in [2.45, 2.75) is 18.5 Å². The number of ether oxygens (including phenoxy) is 2. The van der Waals surface area contributed by atoms with Crippen LogP contribution in [-0.2, 0) is 4.79 Å². The summed E-state index contributed by atoms with van der Waals surface area (Å²) >= 11 is 2.85. The molecule has 0 unspecified atom stereocenters. The lowest BCUT2D eigenvalue weighted by molar-refractivity contribution is -0.115. The van der Waals surface area contributed by atoms with Gasteiger partial charge in [0.05, 0.1) is 25.6 Å². The average Bonchev–Trinajstić information content (AvgIpc) is 3.45. The molecule has 1 amide bonds. The number of amides is 1. The molecule has 2 aromatic carbocycles. The Morgan fingerprint density at radius 3 is 2.21 bits per heavy atom. The van der Waals surface area contributed by atoms with Crippen molar-refractivity contribution >= 4 is 34.1 Å². The number of carbonyl (C=O) groups is 1. The van der Waals surface area contributed by atoms with Gasteiger partial charge in [0, 0.05) is 23.3 Å². The number of thioether (sulfide) groups is 1. The van der Waals surface area contributed by atoms with E-state index in [9.17, 15) is 4.79 Å². The minimum absolute atomic E-state index is 0.101. The predicted molar refractivity (Wildman–Crippen MR) is 131 cm³/mol. The number of aryl methyl sites for hydroxylation is 1. The summed E-state index contributed by atoms with van der Waals surface area (Å²) in [5.74, 6) is 2.04. The lowest BCUT2D eigenvalue weighted by atomic mass is 10.0. The quantitative estimate of drug-likeness (QED) is 0.323. The molecule has 0 aliphatic heterocycles. The molecule has 0 fully saturated rings. The van der Waals surface area contributed by atoms with Crippen LogP contribution in [0.1, 0.15) is 11.4 Å². The van der Waals surface area contributed by atoms with Gasteiger partial charge < -0.3 is 19.8 Å². The molecule has 0 aliphatic rings. The van der Waals surface area contributed by atoms with Crippen LogP contribution in [0.15, 0.2) is 53.7 Å². The van der Waals surface area contributed by atoms with E-state index in [1.807, 2.05) is 55.5 Å². The normalized spacial score (nSPS) is 10.8. The fraction of sp³-hybridized carbons (Fsp3) is 0.217. The second kappa shape index (κ2) is 10.5. The molecule has 2 N–H and O–H groups in total. The summed E-state index contributed by atoms with van der Waals surface area (Å²) in [6, 6.07) is 15.6. The molecule has 2 heterocycles. The maximum Gasteiger partial charge on any atom is 0.227 e. The number of aromatic nitrogens is 4. The van der Waals surface area contributed by atoms with Gasteiger partial charge in [-0.05, 0) is 55.5 Å². The van der Waals surface area contributed by atoms with E-state index in [2.05, 4.69) is 20.5 Å². The number of hydrogen-bond acceptors (Lipinski definition) is 8. The van der Waals surface area contributed by atoms with Crippen LogP contribution in [0.25, 0.3) is 22.5 Å². The zero-order chi connectivity index (χ0) is 23.2. The highest BCUT2D eigenvalue weighted by atomic mass is 32.2. The van der Waals surface area contributed by atoms with Gasteiger partial charge >= 0.3 is 0 Å². The smallest absolute Gasteiger partial charge is 0.227 e. The van der Waals surface area contributed by atoms with Crippen molar-refractivity contribution < 1.29 is 14.3 Å². The SMILES string of the molecule is COc1ccc(-c2nc(SCCC(=O)Nc3nnc(C)s3)[nH]c2-c2ccc(OC)cc2)cc1. The second-order valence-electron chi connectivity index (χ2n) is 7.00. The van der Waals surface area contributed by atoms with Gasteiger partial charge in [0.15, 0.2) is 5.16 Å². The van der Waals surface area contributed by atoms with Crippen molar-refractivity contribution in [2.24, 2.45) is 0 Å². The third-order valence-electron chi connectivity index (χ3n) is 4.76. The van der Waals surface area contributed by atoms with E-state index in [4.69, 9.17) is 14.5 Å². The van der Waals surface area contributed by atoms with Crippen LogP contribution >= 0.6 is 23.1 Å². The van der Waals surface area contributed by atoms with Crippen LogP contribution in [0, 0.1) is 6.92 Å². The van der Waals surface area contributed by atoms with Crippen molar-refractivity contribution in [1.82, 2.24) is 20.2 Å². The summed E-state index contributed by atoms with van der Waals surface area (Å²) in [4.78, 5) is 20.4. The Morgan fingerprint density at radius 1 is 1.00 bits per heavy atom. The molecule has 0 saturated carbocycles. The number of H-pyrrole nitrogens is 1. The molecule has 0 atom stereocenters. The Balaban J connectivity index is 1.51. The number of methoxy groups -OCH3 is 2. The number of rotatable bonds is 9. The highest BCUT2D eigenvalue weighted by molar-refractivity contribution is 7.99. The first-order valence-electron chi connectivity index (χ1n) is 10.2. The Bertz CT molecular complexity index is 1150. The minimum Gasteiger partial charge on any atom is -0.497 e. The Labute approximate surface area is 199 Å². The molecule has 4 rings (SSSR count). The maximum atomic E-state index is 12.2. The van der Waals surface area contributed by atoms with E-state index in [1.54, 1.807) is 14.2 Å². The van der Waals surface area contributed by atoms with Gasteiger partial charge in [-0.2, -0.15) is 0 Å². The first-order chi connectivity index (χ1) is 16.1. The highest BCUT2D eigenvalue weighted by Crippen LogP contribution is 2.34. The predicted octanol–water partition coefficient (Wildman–Crippen LogP) is 5.04. The number of benzene rings is 2. The van der Waals surface area contributed by atoms with E-state index in [0.29, 0.717) is 17.3 Å². The van der Waals surface area contributed by atoms with Crippen molar-refractivity contribution in [2.75, 3.05) is 25.3 Å². The van der Waals surface area contributed by atoms with Gasteiger partial charge in [-0.15, -0.1) is 10.2 Å². The van der Waals surface area contributed by atoms with Crippen molar-refractivity contribution in [3.05, 3.63) is 53.5 Å². The number of hydrogen-bond donors (Lipinski definition) is 2. The molecule has 170 valence electrons. The number of anilines is 1. The molecular formula is C23H23N5O3S2. The van der Waals surface area contributed by atoms with E-state index >= 15 is 0 Å². The standard InChI is InChI=1S/C23H23N5O3S2/c1-14-27-28-23(33-14)24-19(29)12-13-32-22-25-20(15-4-8-17(30-2)9-5-15)21(26-22)16-6-10-18(31-3)11-7-16/h4-11H,12-13H2,1-3H3,(H,25,26)(H,24,28,29). The van der Waals surface area contributed by atoms with Crippen LogP contribution in [0.3, 0.4) is 0 Å². The monoisotopic (exact) mass is 481 g/mol. The Kier molecular flexibility index (Phi) is 7.26. The molecule has 33 heavy (non-hydrogen) atoms. The van der Waals surface area contributed by atoms with Gasteiger partial charge in [-0.1, -0.05) is 23.1 Å². The fourth-order valence-corrected chi connectivity index (χ4v) is 4.53. The second-order valence-corrected chi connectivity index (χ2v) is 9.26. The van der Waals surface area contributed by atoms with Crippen molar-refractivity contribution in [3.63, 3.8) is 0 Å². The first-order valence-corrected chi connectivity index (χ1v) is 12.0. The van der Waals surface area contributed by atoms with Gasteiger partial charge in [0.2, 0.25) is 11.0 Å². The van der Waals surface area contributed by atoms with Crippen LogP contribution in [-0.4, -0.2) is 46.0 Å². The zero-order valence-electron chi connectivity index (χ0n) is 18.4. The molecule has 8 nitrogen and oxygen atoms in total. The molecule has 0 spiro atoms. The number of nitrogens with one attached hydrogen (secondary N) is 2. The summed E-state index contributed by atoms with van der Waals surface area (Å²) in [5, 5.41) is 12.7. The van der Waals surface area contributed by atoms with E-state index in [1.165, 1.54) is 23.1 Å². The fourth-order valence-electron chi connectivity index (χ4n) is 3.11. The van der Waals surface area contributed by atoms with Crippen LogP contribution in [0.4, 0.5) is 5.13 Å². The number of imidazole rings is 1. The lowest BCUT2D eigenvalue weighted by Crippen LogP contribution is -2.12. The van der Waals surface area contributed by atoms with E-state index < -0.39 is 0 Å². The van der Waals surface area contributed by atoms with Gasteiger partial charge in [0.1, 0.15) is 16.5 Å². The zero-order valence-corrected chi connectivity index (χ0v) is 20.0. The van der Waals surface area contributed by atoms with Crippen LogP contribution in [0.5, 0.6) is 11.5 Å². The first kappa shape index (κ1) is 22.8. The lowest BCUT2D eigenvalue weighted by Gasteiger charge is -2.06. The largest absolute Gasteiger partial charge is 0.497 e. The highest BCUT2D eigenvalue weighted by Gasteiger charge is 2.16. The minimum atomic E-state index is -0.101.